The highest BCUT2D eigenvalue weighted by atomic mass is 28.3. The maximum atomic E-state index is 12.5. The van der Waals surface area contributed by atoms with Crippen LogP contribution in [0.1, 0.15) is 39.2 Å². The highest BCUT2D eigenvalue weighted by Crippen LogP contribution is 2.40. The van der Waals surface area contributed by atoms with Crippen molar-refractivity contribution >= 4 is 15.1 Å². The Labute approximate surface area is 149 Å². The van der Waals surface area contributed by atoms with Crippen molar-refractivity contribution < 1.29 is 14.3 Å². The molecule has 1 aromatic heterocycles. The molecule has 0 aromatic carbocycles. The van der Waals surface area contributed by atoms with Gasteiger partial charge in [-0.25, -0.2) is 4.79 Å². The smallest absolute Gasteiger partial charge is 0.330 e. The summed E-state index contributed by atoms with van der Waals surface area (Å²) in [5, 5.41) is -0.838. The predicted molar refractivity (Wildman–Crippen MR) is 97.7 cm³/mol. The second-order valence-electron chi connectivity index (χ2n) is 7.97. The van der Waals surface area contributed by atoms with Gasteiger partial charge in [-0.3, -0.25) is 14.3 Å². The van der Waals surface area contributed by atoms with Crippen molar-refractivity contribution in [2.75, 3.05) is 0 Å². The molecule has 2 rings (SSSR count). The van der Waals surface area contributed by atoms with Gasteiger partial charge >= 0.3 is 5.69 Å². The molecule has 0 spiro atoms. The summed E-state index contributed by atoms with van der Waals surface area (Å²) in [6.07, 6.45) is 2.37. The summed E-state index contributed by atoms with van der Waals surface area (Å²) in [5.41, 5.74) is -0.829. The molecular formula is C17H28N2O5Si. The third kappa shape index (κ3) is 4.01. The van der Waals surface area contributed by atoms with E-state index in [1.807, 2.05) is 20.8 Å². The summed E-state index contributed by atoms with van der Waals surface area (Å²) in [6.45, 7) is 11.7. The molecule has 0 radical (unpaired) electrons. The van der Waals surface area contributed by atoms with Gasteiger partial charge in [-0.05, 0) is 27.7 Å². The molecule has 0 bridgehead atoms. The molecule has 2 heterocycles. The lowest BCUT2D eigenvalue weighted by atomic mass is 10.1. The zero-order valence-corrected chi connectivity index (χ0v) is 16.9. The minimum Gasteiger partial charge on any atom is -0.370 e. The largest absolute Gasteiger partial charge is 0.370 e. The molecular weight excluding hydrogens is 340 g/mol. The van der Waals surface area contributed by atoms with Gasteiger partial charge in [-0.15, -0.1) is 0 Å². The van der Waals surface area contributed by atoms with Crippen LogP contribution in [0.3, 0.4) is 0 Å². The number of rotatable bonds is 5. The second kappa shape index (κ2) is 7.01. The normalized spacial score (nSPS) is 27.0. The number of H-pyrrole nitrogens is 1. The number of hydrogen-bond donors (Lipinski definition) is 1. The van der Waals surface area contributed by atoms with E-state index in [0.29, 0.717) is 12.0 Å². The molecule has 8 heteroatoms. The van der Waals surface area contributed by atoms with Crippen LogP contribution in [-0.4, -0.2) is 42.4 Å². The van der Waals surface area contributed by atoms with Gasteiger partial charge in [-0.1, -0.05) is 13.1 Å². The van der Waals surface area contributed by atoms with Gasteiger partial charge in [-0.2, -0.15) is 0 Å². The summed E-state index contributed by atoms with van der Waals surface area (Å²) in [5.74, 6) is 0. The number of aldehydes is 1. The maximum absolute atomic E-state index is 12.5. The fraction of sp³-hybridized carbons (Fsp3) is 0.706. The molecule has 7 nitrogen and oxygen atoms in total. The molecule has 0 aliphatic carbocycles. The van der Waals surface area contributed by atoms with Crippen molar-refractivity contribution in [2.45, 2.75) is 76.8 Å². The monoisotopic (exact) mass is 368 g/mol. The number of aromatic amines is 1. The van der Waals surface area contributed by atoms with Crippen LogP contribution in [0.2, 0.25) is 13.1 Å². The topological polar surface area (TPSA) is 90.4 Å². The Kier molecular flexibility index (Phi) is 5.55. The van der Waals surface area contributed by atoms with Gasteiger partial charge in [0.05, 0.1) is 26.6 Å². The van der Waals surface area contributed by atoms with E-state index in [0.717, 1.165) is 6.29 Å². The van der Waals surface area contributed by atoms with Crippen molar-refractivity contribution in [3.8, 4) is 0 Å². The molecule has 0 unspecified atom stereocenters. The Morgan fingerprint density at radius 3 is 2.60 bits per heavy atom. The van der Waals surface area contributed by atoms with Gasteiger partial charge in [0, 0.05) is 24.6 Å². The lowest BCUT2D eigenvalue weighted by molar-refractivity contribution is -0.121. The van der Waals surface area contributed by atoms with E-state index in [2.05, 4.69) is 18.1 Å². The number of hydrogen-bond acceptors (Lipinski definition) is 5. The van der Waals surface area contributed by atoms with Gasteiger partial charge < -0.3 is 14.3 Å². The standard InChI is InChI=1S/C17H28N2O5Si/c1-11-10-19(15(22)18-14(11)21)17(25(5)6)9-13(23-16(2,3)4)12(24-17)7-8-20/h8,10,12-13,25H,7,9H2,1-6H3,(H,18,21,22)/t12-,13+,17+/m1/s1. The first-order valence-electron chi connectivity index (χ1n) is 8.62. The first-order valence-corrected chi connectivity index (χ1v) is 11.5. The Bertz CT molecular complexity index is 749. The SMILES string of the molecule is Cc1cn([C@@]2([SiH](C)C)C[C@H](OC(C)(C)C)[C@@H](CC=O)O2)c(=O)[nH]c1=O. The average molecular weight is 369 g/mol. The molecule has 1 N–H and O–H groups in total. The van der Waals surface area contributed by atoms with E-state index < -0.39 is 37.1 Å². The van der Waals surface area contributed by atoms with Crippen molar-refractivity contribution in [2.24, 2.45) is 0 Å². The molecule has 0 saturated carbocycles. The second-order valence-corrected chi connectivity index (χ2v) is 11.2. The summed E-state index contributed by atoms with van der Waals surface area (Å²) in [6, 6.07) is 0. The first-order chi connectivity index (χ1) is 11.5. The van der Waals surface area contributed by atoms with Gasteiger partial charge in [0.15, 0.2) is 0 Å². The minimum absolute atomic E-state index is 0.209. The van der Waals surface area contributed by atoms with Gasteiger partial charge in [0.1, 0.15) is 11.6 Å². The number of carbonyl (C=O) groups excluding carboxylic acids is 1. The summed E-state index contributed by atoms with van der Waals surface area (Å²) < 4.78 is 14.0. The lowest BCUT2D eigenvalue weighted by Crippen LogP contribution is -2.52. The first kappa shape index (κ1) is 19.8. The maximum Gasteiger partial charge on any atom is 0.330 e. The highest BCUT2D eigenvalue weighted by Gasteiger charge is 2.51. The fourth-order valence-electron chi connectivity index (χ4n) is 3.33. The van der Waals surface area contributed by atoms with E-state index in [-0.39, 0.29) is 12.5 Å². The Balaban J connectivity index is 2.54. The number of carbonyl (C=O) groups is 1. The van der Waals surface area contributed by atoms with Crippen molar-refractivity contribution in [1.82, 2.24) is 9.55 Å². The zero-order valence-electron chi connectivity index (χ0n) is 15.8. The van der Waals surface area contributed by atoms with E-state index in [1.54, 1.807) is 13.1 Å². The Morgan fingerprint density at radius 2 is 2.08 bits per heavy atom. The van der Waals surface area contributed by atoms with Gasteiger partial charge in [0.2, 0.25) is 0 Å². The molecule has 0 amide bonds. The molecule has 140 valence electrons. The number of ether oxygens (including phenoxy) is 2. The van der Waals surface area contributed by atoms with Crippen molar-refractivity contribution in [1.29, 1.82) is 0 Å². The number of nitrogens with zero attached hydrogens (tertiary/aromatic N) is 1. The summed E-state index contributed by atoms with van der Waals surface area (Å²) in [4.78, 5) is 37.7. The summed E-state index contributed by atoms with van der Waals surface area (Å²) >= 11 is 0. The molecule has 1 aliphatic heterocycles. The van der Waals surface area contributed by atoms with Crippen LogP contribution in [0.25, 0.3) is 0 Å². The molecule has 25 heavy (non-hydrogen) atoms. The zero-order chi connectivity index (χ0) is 19.0. The van der Waals surface area contributed by atoms with E-state index >= 15 is 0 Å². The van der Waals surface area contributed by atoms with E-state index in [1.165, 1.54) is 4.57 Å². The number of aryl methyl sites for hydroxylation is 1. The lowest BCUT2D eigenvalue weighted by Gasteiger charge is -2.34. The van der Waals surface area contributed by atoms with Crippen LogP contribution in [0.15, 0.2) is 15.8 Å². The Morgan fingerprint density at radius 1 is 1.44 bits per heavy atom. The predicted octanol–water partition coefficient (Wildman–Crippen LogP) is 1.09. The fourth-order valence-corrected chi connectivity index (χ4v) is 5.22. The average Bonchev–Trinajstić information content (AvgIpc) is 2.81. The van der Waals surface area contributed by atoms with E-state index in [9.17, 15) is 14.4 Å². The molecule has 1 aliphatic rings. The third-order valence-corrected chi connectivity index (χ3v) is 6.98. The number of nitrogens with one attached hydrogen (secondary N) is 1. The summed E-state index contributed by atoms with van der Waals surface area (Å²) in [7, 11) is -1.60. The van der Waals surface area contributed by atoms with Crippen LogP contribution in [-0.2, 0) is 19.6 Å². The van der Waals surface area contributed by atoms with Crippen molar-refractivity contribution in [3.63, 3.8) is 0 Å². The Hall–Kier alpha value is -1.51. The molecule has 1 fully saturated rings. The van der Waals surface area contributed by atoms with Crippen molar-refractivity contribution in [3.05, 3.63) is 32.6 Å². The van der Waals surface area contributed by atoms with Crippen LogP contribution in [0, 0.1) is 6.92 Å². The van der Waals surface area contributed by atoms with Crippen LogP contribution >= 0.6 is 0 Å². The van der Waals surface area contributed by atoms with Gasteiger partial charge in [0.25, 0.3) is 5.56 Å². The quantitative estimate of drug-likeness (QED) is 0.620. The number of aromatic nitrogens is 2. The van der Waals surface area contributed by atoms with Crippen LogP contribution in [0.4, 0.5) is 0 Å². The molecule has 1 aromatic rings. The minimum atomic E-state index is -1.60. The third-order valence-electron chi connectivity index (χ3n) is 4.53. The molecule has 1 saturated heterocycles. The molecule has 3 atom stereocenters. The van der Waals surface area contributed by atoms with E-state index in [4.69, 9.17) is 9.47 Å². The highest BCUT2D eigenvalue weighted by molar-refractivity contribution is 6.58. The van der Waals surface area contributed by atoms with Crippen LogP contribution < -0.4 is 11.2 Å². The van der Waals surface area contributed by atoms with Crippen LogP contribution in [0.5, 0.6) is 0 Å².